The lowest BCUT2D eigenvalue weighted by Crippen LogP contribution is -2.28. The van der Waals surface area contributed by atoms with Crippen LogP contribution in [0.1, 0.15) is 19.3 Å². The second kappa shape index (κ2) is 4.87. The van der Waals surface area contributed by atoms with E-state index < -0.39 is 10.0 Å². The molecule has 18 heavy (non-hydrogen) atoms. The van der Waals surface area contributed by atoms with E-state index in [1.807, 2.05) is 0 Å². The lowest BCUT2D eigenvalue weighted by Gasteiger charge is -2.24. The average Bonchev–Trinajstić information content (AvgIpc) is 2.11. The molecule has 0 aromatic heterocycles. The lowest BCUT2D eigenvalue weighted by atomic mass is 9.85. The smallest absolute Gasteiger partial charge is 0.239 e. The minimum Gasteiger partial charge on any atom is -0.326 e. The predicted molar refractivity (Wildman–Crippen MR) is 68.8 cm³/mol. The summed E-state index contributed by atoms with van der Waals surface area (Å²) in [5, 5.41) is 7.70. The number of anilines is 1. The Morgan fingerprint density at radius 2 is 2.06 bits per heavy atom. The Hall–Kier alpha value is -1.11. The third-order valence-corrected chi connectivity index (χ3v) is 4.38. The molecule has 0 atom stereocenters. The topological polar surface area (TPSA) is 89.3 Å². The molecule has 5 nitrogen and oxygen atoms in total. The molecule has 0 bridgehead atoms. The molecule has 1 aromatic rings. The molecule has 1 saturated carbocycles. The summed E-state index contributed by atoms with van der Waals surface area (Å²) in [6, 6.07) is 4.15. The third kappa shape index (κ3) is 2.82. The molecule has 0 heterocycles. The van der Waals surface area contributed by atoms with Gasteiger partial charge in [-0.05, 0) is 31.0 Å². The molecule has 1 aromatic carbocycles. The van der Waals surface area contributed by atoms with Gasteiger partial charge in [0.1, 0.15) is 4.90 Å². The number of benzene rings is 1. The summed E-state index contributed by atoms with van der Waals surface area (Å²) in [6.45, 7) is 0. The van der Waals surface area contributed by atoms with Crippen LogP contribution < -0.4 is 10.5 Å². The Balaban J connectivity index is 2.16. The summed E-state index contributed by atoms with van der Waals surface area (Å²) in [5.74, 6) is 0.00219. The van der Waals surface area contributed by atoms with Gasteiger partial charge in [-0.1, -0.05) is 18.0 Å². The number of sulfonamides is 1. The second-order valence-electron chi connectivity index (χ2n) is 4.31. The van der Waals surface area contributed by atoms with E-state index in [9.17, 15) is 13.2 Å². The summed E-state index contributed by atoms with van der Waals surface area (Å²) >= 11 is 5.81. The van der Waals surface area contributed by atoms with Crippen LogP contribution in [-0.4, -0.2) is 14.3 Å². The second-order valence-corrected chi connectivity index (χ2v) is 6.24. The molecule has 0 radical (unpaired) electrons. The maximum atomic E-state index is 11.7. The van der Waals surface area contributed by atoms with Gasteiger partial charge in [-0.3, -0.25) is 4.79 Å². The molecular weight excluding hydrogens is 276 g/mol. The molecule has 3 N–H and O–H groups in total. The number of amides is 1. The summed E-state index contributed by atoms with van der Waals surface area (Å²) in [7, 11) is -3.83. The van der Waals surface area contributed by atoms with E-state index in [2.05, 4.69) is 5.32 Å². The van der Waals surface area contributed by atoms with E-state index in [1.54, 1.807) is 0 Å². The Morgan fingerprint density at radius 1 is 1.39 bits per heavy atom. The first-order chi connectivity index (χ1) is 8.38. The van der Waals surface area contributed by atoms with Crippen molar-refractivity contribution < 1.29 is 13.2 Å². The van der Waals surface area contributed by atoms with Crippen LogP contribution in [0.15, 0.2) is 23.1 Å². The molecule has 1 amide bonds. The largest absolute Gasteiger partial charge is 0.326 e. The number of nitrogens with two attached hydrogens (primary N) is 1. The fourth-order valence-electron chi connectivity index (χ4n) is 1.72. The lowest BCUT2D eigenvalue weighted by molar-refractivity contribution is -0.122. The van der Waals surface area contributed by atoms with Crippen molar-refractivity contribution in [3.05, 3.63) is 23.2 Å². The van der Waals surface area contributed by atoms with E-state index in [0.29, 0.717) is 5.69 Å². The van der Waals surface area contributed by atoms with Crippen LogP contribution in [0.2, 0.25) is 5.02 Å². The fourth-order valence-corrected chi connectivity index (χ4v) is 2.82. The number of hydrogen-bond acceptors (Lipinski definition) is 3. The van der Waals surface area contributed by atoms with Gasteiger partial charge in [0.25, 0.3) is 0 Å². The maximum absolute atomic E-state index is 11.7. The van der Waals surface area contributed by atoms with E-state index in [-0.39, 0.29) is 21.7 Å². The van der Waals surface area contributed by atoms with Crippen molar-refractivity contribution in [2.24, 2.45) is 11.1 Å². The summed E-state index contributed by atoms with van der Waals surface area (Å²) in [6.07, 6.45) is 2.87. The highest BCUT2D eigenvalue weighted by molar-refractivity contribution is 7.89. The van der Waals surface area contributed by atoms with E-state index in [0.717, 1.165) is 19.3 Å². The van der Waals surface area contributed by atoms with E-state index in [1.165, 1.54) is 18.2 Å². The van der Waals surface area contributed by atoms with Crippen LogP contribution in [0.5, 0.6) is 0 Å². The number of hydrogen-bond donors (Lipinski definition) is 2. The van der Waals surface area contributed by atoms with Crippen LogP contribution in [0, 0.1) is 5.92 Å². The van der Waals surface area contributed by atoms with Crippen molar-refractivity contribution in [3.8, 4) is 0 Å². The van der Waals surface area contributed by atoms with Crippen molar-refractivity contribution in [2.45, 2.75) is 24.2 Å². The van der Waals surface area contributed by atoms with Crippen molar-refractivity contribution in [1.29, 1.82) is 0 Å². The summed E-state index contributed by atoms with van der Waals surface area (Å²) in [4.78, 5) is 11.5. The van der Waals surface area contributed by atoms with Crippen LogP contribution in [0.3, 0.4) is 0 Å². The highest BCUT2D eigenvalue weighted by Crippen LogP contribution is 2.29. The standard InChI is InChI=1S/C11H13ClN2O3S/c12-9-6-8(4-5-10(9)18(13,16)17)14-11(15)7-2-1-3-7/h4-7H,1-3H2,(H,14,15)(H2,13,16,17). The Kier molecular flexibility index (Phi) is 3.61. The molecule has 0 unspecified atom stereocenters. The molecule has 7 heteroatoms. The number of rotatable bonds is 3. The molecule has 98 valence electrons. The highest BCUT2D eigenvalue weighted by Gasteiger charge is 2.25. The maximum Gasteiger partial charge on any atom is 0.239 e. The number of nitrogens with one attached hydrogen (secondary N) is 1. The molecule has 1 aliphatic rings. The zero-order valence-electron chi connectivity index (χ0n) is 9.52. The van der Waals surface area contributed by atoms with Gasteiger partial charge in [0.05, 0.1) is 5.02 Å². The zero-order valence-corrected chi connectivity index (χ0v) is 11.1. The average molecular weight is 289 g/mol. The van der Waals surface area contributed by atoms with Crippen LogP contribution in [0.4, 0.5) is 5.69 Å². The fraction of sp³-hybridized carbons (Fsp3) is 0.364. The van der Waals surface area contributed by atoms with Gasteiger partial charge < -0.3 is 5.32 Å². The molecule has 0 aliphatic heterocycles. The van der Waals surface area contributed by atoms with Gasteiger partial charge in [-0.25, -0.2) is 13.6 Å². The van der Waals surface area contributed by atoms with Crippen molar-refractivity contribution in [3.63, 3.8) is 0 Å². The third-order valence-electron chi connectivity index (χ3n) is 2.98. The normalized spacial score (nSPS) is 16.1. The van der Waals surface area contributed by atoms with Gasteiger partial charge >= 0.3 is 0 Å². The zero-order chi connectivity index (χ0) is 13.3. The summed E-state index contributed by atoms with van der Waals surface area (Å²) < 4.78 is 22.3. The first kappa shape index (κ1) is 13.3. The molecule has 0 saturated heterocycles. The van der Waals surface area contributed by atoms with Gasteiger partial charge in [0.2, 0.25) is 15.9 Å². The minimum absolute atomic E-state index is 0.00362. The molecule has 1 aliphatic carbocycles. The van der Waals surface area contributed by atoms with E-state index in [4.69, 9.17) is 16.7 Å². The van der Waals surface area contributed by atoms with Crippen molar-refractivity contribution in [2.75, 3.05) is 5.32 Å². The molecule has 2 rings (SSSR count). The monoisotopic (exact) mass is 288 g/mol. The summed E-state index contributed by atoms with van der Waals surface area (Å²) in [5.41, 5.74) is 0.476. The predicted octanol–water partition coefficient (Wildman–Crippen LogP) is 1.73. The number of carbonyl (C=O) groups is 1. The Morgan fingerprint density at radius 3 is 2.50 bits per heavy atom. The Labute approximate surface area is 110 Å². The van der Waals surface area contributed by atoms with Crippen LogP contribution in [-0.2, 0) is 14.8 Å². The van der Waals surface area contributed by atoms with Gasteiger partial charge in [0, 0.05) is 11.6 Å². The van der Waals surface area contributed by atoms with E-state index >= 15 is 0 Å². The quantitative estimate of drug-likeness (QED) is 0.887. The van der Waals surface area contributed by atoms with Gasteiger partial charge in [-0.15, -0.1) is 0 Å². The number of primary sulfonamides is 1. The highest BCUT2D eigenvalue weighted by atomic mass is 35.5. The van der Waals surface area contributed by atoms with Crippen molar-refractivity contribution >= 4 is 33.2 Å². The molecular formula is C11H13ClN2O3S. The first-order valence-corrected chi connectivity index (χ1v) is 7.43. The van der Waals surface area contributed by atoms with Crippen LogP contribution >= 0.6 is 11.6 Å². The van der Waals surface area contributed by atoms with Gasteiger partial charge in [0.15, 0.2) is 0 Å². The van der Waals surface area contributed by atoms with Gasteiger partial charge in [-0.2, -0.15) is 0 Å². The minimum atomic E-state index is -3.83. The van der Waals surface area contributed by atoms with Crippen molar-refractivity contribution in [1.82, 2.24) is 0 Å². The Bertz CT molecular complexity index is 582. The SMILES string of the molecule is NS(=O)(=O)c1ccc(NC(=O)C2CCC2)cc1Cl. The molecule has 0 spiro atoms. The first-order valence-electron chi connectivity index (χ1n) is 5.51. The van der Waals surface area contributed by atoms with Crippen LogP contribution in [0.25, 0.3) is 0 Å². The number of halogens is 1. The number of carbonyl (C=O) groups excluding carboxylic acids is 1. The molecule has 1 fully saturated rings.